The Hall–Kier alpha value is -3.97. The molecular weight excluding hydrogens is 778 g/mol. The number of likely N-dealkylation sites (N-methyl/N-ethyl adjacent to an activating group) is 1. The molecule has 1 amide bonds. The highest BCUT2D eigenvalue weighted by atomic mass is 16.7. The van der Waals surface area contributed by atoms with Crippen molar-refractivity contribution in [2.24, 2.45) is 27.9 Å². The van der Waals surface area contributed by atoms with Crippen molar-refractivity contribution in [2.45, 2.75) is 148 Å². The topological polar surface area (TPSA) is 214 Å². The fourth-order valence-corrected chi connectivity index (χ4v) is 8.26. The number of aliphatic hydroxyl groups is 2. The number of fused-ring (bicyclic) bond motifs is 5. The van der Waals surface area contributed by atoms with Crippen LogP contribution in [-0.4, -0.2) is 136 Å². The number of nitrogens with zero attached hydrogens (tertiary/aromatic N) is 5. The molecule has 2 aromatic heterocycles. The van der Waals surface area contributed by atoms with Crippen LogP contribution >= 0.6 is 0 Å². The maximum absolute atomic E-state index is 14.5. The predicted octanol–water partition coefficient (Wildman–Crippen LogP) is 4.32. The van der Waals surface area contributed by atoms with Crippen molar-refractivity contribution in [1.82, 2.24) is 15.0 Å². The largest absolute Gasteiger partial charge is 0.459 e. The van der Waals surface area contributed by atoms with Gasteiger partial charge in [0.1, 0.15) is 41.7 Å². The van der Waals surface area contributed by atoms with E-state index in [1.807, 2.05) is 38.9 Å². The minimum absolute atomic E-state index is 0.0244. The first kappa shape index (κ1) is 47.1. The predicted molar refractivity (Wildman–Crippen MR) is 219 cm³/mol. The smallest absolute Gasteiger partial charge is 0.316 e. The lowest BCUT2D eigenvalue weighted by Gasteiger charge is -2.47. The highest BCUT2D eigenvalue weighted by molar-refractivity contribution is 6.00. The number of aliphatic imine (C=N–C) groups is 1. The molecule has 3 fully saturated rings. The molecule has 3 aliphatic rings. The zero-order chi connectivity index (χ0) is 43.9. The summed E-state index contributed by atoms with van der Waals surface area (Å²) < 4.78 is 37.5. The number of esters is 1. The first-order valence-electron chi connectivity index (χ1n) is 20.9. The molecule has 2 N–H and O–H groups in total. The molecule has 2 aromatic rings. The quantitative estimate of drug-likeness (QED) is 0.204. The van der Waals surface area contributed by atoms with Crippen LogP contribution in [0.15, 0.2) is 45.3 Å². The zero-order valence-electron chi connectivity index (χ0n) is 36.5. The molecule has 60 heavy (non-hydrogen) atoms. The van der Waals surface area contributed by atoms with Gasteiger partial charge in [0.25, 0.3) is 0 Å². The third-order valence-corrected chi connectivity index (χ3v) is 12.0. The van der Waals surface area contributed by atoms with Gasteiger partial charge in [0, 0.05) is 48.3 Å². The van der Waals surface area contributed by atoms with Gasteiger partial charge in [0.2, 0.25) is 5.91 Å². The molecule has 5 heterocycles. The lowest BCUT2D eigenvalue weighted by Crippen LogP contribution is -2.59. The van der Waals surface area contributed by atoms with Crippen molar-refractivity contribution in [3.05, 3.63) is 36.2 Å². The van der Waals surface area contributed by atoms with Gasteiger partial charge >= 0.3 is 5.97 Å². The molecule has 3 saturated heterocycles. The maximum atomic E-state index is 14.5. The molecule has 12 atom stereocenters. The standard InChI is InChI=1S/C43H63N5O12/c1-11-34-43(8,53)35-18-31(46-36(49)12-2)24(3)19-42(7,55-23-29(22-54-35)47-56-21-28-13-14-30(44-20-28)33-15-16-45-60-33)39(26(5)37(50)27(6)40(52)58-34)59-41-38(51)32(48(9)10)17-25(4)57-41/h13-16,20,24-27,32,34-35,38-39,41,51,53H,11-12,17-19,21-23H2,1-10H3/b46-31-,47-29+/t24-,25-,26+,27-,32+,34-,35-,38-,39-,41+,42-,43-/m1/s1. The Morgan fingerprint density at radius 3 is 2.47 bits per heavy atom. The van der Waals surface area contributed by atoms with Crippen LogP contribution in [0.2, 0.25) is 0 Å². The SMILES string of the molecule is CCC(=O)/N=C1/C[C@H]2OC/C(=N\OCc3ccc(-c4ccno4)nc3)CO[C@](C)(C[C@H]1C)[C@H](O[C@@H]1O[C@H](C)C[C@H](N(C)C)[C@H]1O)[C@@H](C)C(=O)[C@@H](C)C(=O)O[C@H](CC)[C@@]2(C)O. The van der Waals surface area contributed by atoms with Crippen LogP contribution in [0.4, 0.5) is 0 Å². The highest BCUT2D eigenvalue weighted by Crippen LogP contribution is 2.39. The number of ether oxygens (including phenoxy) is 5. The molecule has 0 saturated carbocycles. The molecule has 17 heteroatoms. The number of Topliss-reactive ketones (excluding diaryl/α,β-unsaturated/α-hetero) is 1. The van der Waals surface area contributed by atoms with Crippen molar-refractivity contribution >= 4 is 29.1 Å². The number of carbonyl (C=O) groups excluding carboxylic acids is 3. The normalized spacial score (nSPS) is 36.4. The van der Waals surface area contributed by atoms with Gasteiger partial charge in [-0.05, 0) is 73.0 Å². The van der Waals surface area contributed by atoms with Crippen molar-refractivity contribution in [2.75, 3.05) is 27.3 Å². The number of aromatic nitrogens is 2. The molecular formula is C43H63N5O12. The van der Waals surface area contributed by atoms with Crippen molar-refractivity contribution in [1.29, 1.82) is 0 Å². The Labute approximate surface area is 352 Å². The molecule has 0 aromatic carbocycles. The number of pyridine rings is 1. The van der Waals surface area contributed by atoms with Gasteiger partial charge in [-0.25, -0.2) is 4.99 Å². The lowest BCUT2D eigenvalue weighted by molar-refractivity contribution is -0.296. The number of hydrogen-bond donors (Lipinski definition) is 2. The summed E-state index contributed by atoms with van der Waals surface area (Å²) in [5.41, 5.74) is -1.23. The van der Waals surface area contributed by atoms with E-state index < -0.39 is 71.4 Å². The lowest BCUT2D eigenvalue weighted by atomic mass is 9.76. The number of aliphatic hydroxyl groups excluding tert-OH is 1. The fraction of sp³-hybridized carbons (Fsp3) is 0.698. The third kappa shape index (κ3) is 11.1. The van der Waals surface area contributed by atoms with E-state index in [1.54, 1.807) is 46.0 Å². The van der Waals surface area contributed by atoms with Crippen LogP contribution < -0.4 is 0 Å². The van der Waals surface area contributed by atoms with E-state index in [9.17, 15) is 24.6 Å². The molecule has 2 bridgehead atoms. The van der Waals surface area contributed by atoms with Crippen molar-refractivity contribution in [3.8, 4) is 11.5 Å². The summed E-state index contributed by atoms with van der Waals surface area (Å²) >= 11 is 0. The Morgan fingerprint density at radius 1 is 1.08 bits per heavy atom. The number of cyclic esters (lactones) is 1. The summed E-state index contributed by atoms with van der Waals surface area (Å²) in [4.78, 5) is 58.1. The second-order valence-electron chi connectivity index (χ2n) is 17.0. The summed E-state index contributed by atoms with van der Waals surface area (Å²) in [5.74, 6) is -3.99. The molecule has 0 unspecified atom stereocenters. The van der Waals surface area contributed by atoms with E-state index in [0.717, 1.165) is 0 Å². The summed E-state index contributed by atoms with van der Waals surface area (Å²) in [6, 6.07) is 4.97. The van der Waals surface area contributed by atoms with Crippen LogP contribution in [0.3, 0.4) is 0 Å². The average molecular weight is 842 g/mol. The van der Waals surface area contributed by atoms with Gasteiger partial charge in [-0.15, -0.1) is 0 Å². The Morgan fingerprint density at radius 2 is 1.83 bits per heavy atom. The molecule has 5 rings (SSSR count). The Balaban J connectivity index is 1.62. The van der Waals surface area contributed by atoms with E-state index in [1.165, 1.54) is 20.0 Å². The monoisotopic (exact) mass is 841 g/mol. The van der Waals surface area contributed by atoms with Gasteiger partial charge in [-0.2, -0.15) is 0 Å². The highest BCUT2D eigenvalue weighted by Gasteiger charge is 2.51. The number of hydrogen-bond acceptors (Lipinski definition) is 16. The summed E-state index contributed by atoms with van der Waals surface area (Å²) in [7, 11) is 3.73. The summed E-state index contributed by atoms with van der Waals surface area (Å²) in [6.07, 6.45) is -1.82. The maximum Gasteiger partial charge on any atom is 0.316 e. The number of amides is 1. The first-order chi connectivity index (χ1) is 28.4. The number of oxime groups is 1. The number of rotatable bonds is 9. The molecule has 3 aliphatic heterocycles. The van der Waals surface area contributed by atoms with Crippen molar-refractivity contribution < 1.29 is 57.6 Å². The van der Waals surface area contributed by atoms with Crippen LogP contribution in [-0.2, 0) is 49.5 Å². The van der Waals surface area contributed by atoms with Gasteiger partial charge < -0.3 is 48.2 Å². The molecule has 332 valence electrons. The Kier molecular flexibility index (Phi) is 15.9. The number of ketones is 1. The van der Waals surface area contributed by atoms with Crippen LogP contribution in [0.25, 0.3) is 11.5 Å². The van der Waals surface area contributed by atoms with Crippen molar-refractivity contribution in [3.63, 3.8) is 0 Å². The minimum atomic E-state index is -1.83. The molecule has 0 aliphatic carbocycles. The van der Waals surface area contributed by atoms with E-state index in [0.29, 0.717) is 29.2 Å². The van der Waals surface area contributed by atoms with Gasteiger partial charge in [0.05, 0.1) is 43.3 Å². The zero-order valence-corrected chi connectivity index (χ0v) is 36.5. The van der Waals surface area contributed by atoms with Gasteiger partial charge in [-0.1, -0.05) is 44.1 Å². The summed E-state index contributed by atoms with van der Waals surface area (Å²) in [5, 5.41) is 32.1. The van der Waals surface area contributed by atoms with Crippen LogP contribution in [0.5, 0.6) is 0 Å². The first-order valence-corrected chi connectivity index (χ1v) is 20.9. The van der Waals surface area contributed by atoms with E-state index in [2.05, 4.69) is 20.3 Å². The average Bonchev–Trinajstić information content (AvgIpc) is 3.76. The fourth-order valence-electron chi connectivity index (χ4n) is 8.26. The van der Waals surface area contributed by atoms with E-state index >= 15 is 0 Å². The van der Waals surface area contributed by atoms with E-state index in [4.69, 9.17) is 33.0 Å². The second-order valence-corrected chi connectivity index (χ2v) is 17.0. The van der Waals surface area contributed by atoms with Gasteiger partial charge in [0.15, 0.2) is 17.8 Å². The van der Waals surface area contributed by atoms with Gasteiger partial charge in [-0.3, -0.25) is 19.4 Å². The van der Waals surface area contributed by atoms with E-state index in [-0.39, 0.29) is 69.3 Å². The van der Waals surface area contributed by atoms with Crippen LogP contribution in [0, 0.1) is 17.8 Å². The third-order valence-electron chi connectivity index (χ3n) is 12.0. The number of carbonyl (C=O) groups is 3. The summed E-state index contributed by atoms with van der Waals surface area (Å²) in [6.45, 7) is 13.3. The molecule has 17 nitrogen and oxygen atoms in total. The second kappa shape index (κ2) is 20.3. The van der Waals surface area contributed by atoms with Crippen LogP contribution in [0.1, 0.15) is 93.1 Å². The molecule has 0 radical (unpaired) electrons. The minimum Gasteiger partial charge on any atom is -0.459 e. The molecule has 0 spiro atoms. The Bertz CT molecular complexity index is 1820.